The number of carboxylic acid groups (broad SMARTS) is 1. The minimum atomic E-state index is -1.25. The number of carboxylic acids is 1. The van der Waals surface area contributed by atoms with Gasteiger partial charge in [-0.05, 0) is 18.8 Å². The minimum Gasteiger partial charge on any atom is -0.480 e. The Kier molecular flexibility index (Phi) is 12.6. The average molecular weight is 514 g/mol. The Morgan fingerprint density at radius 3 is 2.29 bits per heavy atom. The summed E-state index contributed by atoms with van der Waals surface area (Å²) in [6.45, 7) is 3.60. The van der Waals surface area contributed by atoms with Gasteiger partial charge in [0.2, 0.25) is 17.7 Å². The Balaban J connectivity index is 2.93. The first kappa shape index (κ1) is 29.7. The standard InChI is InChI=1S/C20H35N9O5S/c1-10(2)15(18(32)28-14(8-35)19(33)34)29-17(31)13(4-3-5-25-20(22)23)27-16(30)12(21)6-11-7-24-9-26-11/h7,9-10,12-15,35H,3-6,8,21H2,1-2H3,(H,24,26)(H,27,30)(H,28,32)(H,29,31)(H,33,34)(H4,22,23,25). The van der Waals surface area contributed by atoms with Gasteiger partial charge in [0, 0.05) is 30.6 Å². The summed E-state index contributed by atoms with van der Waals surface area (Å²) in [5.41, 5.74) is 17.3. The molecule has 0 bridgehead atoms. The van der Waals surface area contributed by atoms with Crippen molar-refractivity contribution in [2.75, 3.05) is 12.3 Å². The molecule has 0 aromatic carbocycles. The van der Waals surface area contributed by atoms with Crippen molar-refractivity contribution in [2.45, 2.75) is 57.3 Å². The van der Waals surface area contributed by atoms with Crippen LogP contribution in [0.5, 0.6) is 0 Å². The topological polar surface area (TPSA) is 244 Å². The molecule has 0 radical (unpaired) electrons. The molecule has 0 spiro atoms. The zero-order valence-electron chi connectivity index (χ0n) is 19.7. The lowest BCUT2D eigenvalue weighted by molar-refractivity contribution is -0.142. The van der Waals surface area contributed by atoms with E-state index in [9.17, 15) is 24.3 Å². The van der Waals surface area contributed by atoms with Gasteiger partial charge in [-0.25, -0.2) is 9.78 Å². The second kappa shape index (κ2) is 14.8. The number of aliphatic carboxylic acids is 1. The van der Waals surface area contributed by atoms with E-state index in [0.717, 1.165) is 0 Å². The SMILES string of the molecule is CC(C)C(NC(=O)C(CCCN=C(N)N)NC(=O)C(N)Cc1cnc[nH]1)C(=O)NC(CS)C(=O)O. The normalized spacial score (nSPS) is 14.3. The lowest BCUT2D eigenvalue weighted by atomic mass is 10.0. The van der Waals surface area contributed by atoms with Gasteiger partial charge in [0.25, 0.3) is 0 Å². The number of nitrogens with two attached hydrogens (primary N) is 3. The Morgan fingerprint density at radius 1 is 1.11 bits per heavy atom. The number of H-pyrrole nitrogens is 1. The number of thiol groups is 1. The molecule has 0 fully saturated rings. The predicted molar refractivity (Wildman–Crippen MR) is 132 cm³/mol. The van der Waals surface area contributed by atoms with Crippen molar-refractivity contribution >= 4 is 42.3 Å². The summed E-state index contributed by atoms with van der Waals surface area (Å²) in [6.07, 6.45) is 3.68. The van der Waals surface area contributed by atoms with Gasteiger partial charge < -0.3 is 43.2 Å². The first-order valence-corrected chi connectivity index (χ1v) is 11.6. The van der Waals surface area contributed by atoms with E-state index in [0.29, 0.717) is 12.1 Å². The van der Waals surface area contributed by atoms with Gasteiger partial charge in [0.1, 0.15) is 18.1 Å². The summed E-state index contributed by atoms with van der Waals surface area (Å²) >= 11 is 3.93. The highest BCUT2D eigenvalue weighted by molar-refractivity contribution is 7.80. The van der Waals surface area contributed by atoms with Crippen molar-refractivity contribution < 1.29 is 24.3 Å². The third-order valence-corrected chi connectivity index (χ3v) is 5.32. The van der Waals surface area contributed by atoms with Gasteiger partial charge in [-0.15, -0.1) is 0 Å². The van der Waals surface area contributed by atoms with Crippen molar-refractivity contribution in [2.24, 2.45) is 28.1 Å². The molecule has 0 saturated carbocycles. The van der Waals surface area contributed by atoms with Crippen LogP contribution in [0.1, 0.15) is 32.4 Å². The van der Waals surface area contributed by atoms with Gasteiger partial charge in [0.05, 0.1) is 12.4 Å². The summed E-state index contributed by atoms with van der Waals surface area (Å²) in [5.74, 6) is -3.76. The molecule has 15 heteroatoms. The summed E-state index contributed by atoms with van der Waals surface area (Å²) in [5, 5.41) is 16.7. The van der Waals surface area contributed by atoms with Crippen LogP contribution in [0, 0.1) is 5.92 Å². The Labute approximate surface area is 208 Å². The van der Waals surface area contributed by atoms with Crippen molar-refractivity contribution in [3.8, 4) is 0 Å². The molecule has 11 N–H and O–H groups in total. The number of carbonyl (C=O) groups excluding carboxylic acids is 3. The van der Waals surface area contributed by atoms with E-state index < -0.39 is 47.9 Å². The van der Waals surface area contributed by atoms with E-state index in [1.807, 2.05) is 0 Å². The summed E-state index contributed by atoms with van der Waals surface area (Å²) in [6, 6.07) is -4.28. The van der Waals surface area contributed by atoms with E-state index in [2.05, 4.69) is 43.5 Å². The fourth-order valence-electron chi connectivity index (χ4n) is 3.01. The van der Waals surface area contributed by atoms with E-state index >= 15 is 0 Å². The molecule has 14 nitrogen and oxygen atoms in total. The number of amides is 3. The van der Waals surface area contributed by atoms with E-state index in [1.165, 1.54) is 12.5 Å². The monoisotopic (exact) mass is 513 g/mol. The smallest absolute Gasteiger partial charge is 0.327 e. The molecule has 0 aliphatic heterocycles. The second-order valence-corrected chi connectivity index (χ2v) is 8.57. The van der Waals surface area contributed by atoms with E-state index in [-0.39, 0.29) is 37.0 Å². The third-order valence-electron chi connectivity index (χ3n) is 4.95. The Morgan fingerprint density at radius 2 is 1.77 bits per heavy atom. The first-order chi connectivity index (χ1) is 16.5. The molecular weight excluding hydrogens is 478 g/mol. The number of aromatic amines is 1. The summed E-state index contributed by atoms with van der Waals surface area (Å²) in [7, 11) is 0. The van der Waals surface area contributed by atoms with Crippen LogP contribution in [0.3, 0.4) is 0 Å². The number of hydrogen-bond donors (Lipinski definition) is 9. The molecule has 0 aliphatic rings. The average Bonchev–Trinajstić information content (AvgIpc) is 3.29. The molecule has 4 unspecified atom stereocenters. The lowest BCUT2D eigenvalue weighted by Gasteiger charge is -2.27. The van der Waals surface area contributed by atoms with Gasteiger partial charge in [-0.2, -0.15) is 12.6 Å². The summed E-state index contributed by atoms with van der Waals surface area (Å²) in [4.78, 5) is 60.2. The first-order valence-electron chi connectivity index (χ1n) is 11.0. The maximum atomic E-state index is 13.1. The van der Waals surface area contributed by atoms with Crippen LogP contribution < -0.4 is 33.2 Å². The molecule has 196 valence electrons. The van der Waals surface area contributed by atoms with Gasteiger partial charge in [-0.1, -0.05) is 13.8 Å². The number of rotatable bonds is 15. The molecule has 4 atom stereocenters. The van der Waals surface area contributed by atoms with Gasteiger partial charge in [-0.3, -0.25) is 19.4 Å². The minimum absolute atomic E-state index is 0.106. The molecule has 0 aliphatic carbocycles. The van der Waals surface area contributed by atoms with Crippen molar-refractivity contribution in [1.82, 2.24) is 25.9 Å². The van der Waals surface area contributed by atoms with E-state index in [4.69, 9.17) is 17.2 Å². The molecule has 3 amide bonds. The van der Waals surface area contributed by atoms with Crippen LogP contribution in [0.15, 0.2) is 17.5 Å². The van der Waals surface area contributed by atoms with Crippen LogP contribution in [-0.2, 0) is 25.6 Å². The number of imidazole rings is 1. The highest BCUT2D eigenvalue weighted by Crippen LogP contribution is 2.07. The van der Waals surface area contributed by atoms with Gasteiger partial charge in [0.15, 0.2) is 5.96 Å². The molecule has 1 aromatic rings. The Hall–Kier alpha value is -3.33. The number of aliphatic imine (C=N–C) groups is 1. The van der Waals surface area contributed by atoms with Crippen LogP contribution in [0.25, 0.3) is 0 Å². The van der Waals surface area contributed by atoms with Gasteiger partial charge >= 0.3 is 5.97 Å². The number of nitrogens with zero attached hydrogens (tertiary/aromatic N) is 2. The van der Waals surface area contributed by atoms with Crippen LogP contribution in [-0.4, -0.2) is 81.2 Å². The highest BCUT2D eigenvalue weighted by atomic mass is 32.1. The summed E-state index contributed by atoms with van der Waals surface area (Å²) < 4.78 is 0. The number of guanidine groups is 1. The number of aromatic nitrogens is 2. The molecule has 1 heterocycles. The number of hydrogen-bond acceptors (Lipinski definition) is 8. The third kappa shape index (κ3) is 10.6. The van der Waals surface area contributed by atoms with Crippen molar-refractivity contribution in [3.63, 3.8) is 0 Å². The molecular formula is C20H35N9O5S. The predicted octanol–water partition coefficient (Wildman–Crippen LogP) is -2.54. The van der Waals surface area contributed by atoms with Crippen molar-refractivity contribution in [3.05, 3.63) is 18.2 Å². The van der Waals surface area contributed by atoms with Crippen molar-refractivity contribution in [1.29, 1.82) is 0 Å². The molecule has 1 aromatic heterocycles. The highest BCUT2D eigenvalue weighted by Gasteiger charge is 2.31. The fourth-order valence-corrected chi connectivity index (χ4v) is 3.26. The maximum Gasteiger partial charge on any atom is 0.327 e. The van der Waals surface area contributed by atoms with E-state index in [1.54, 1.807) is 13.8 Å². The van der Waals surface area contributed by atoms with Crippen LogP contribution in [0.4, 0.5) is 0 Å². The van der Waals surface area contributed by atoms with Crippen LogP contribution in [0.2, 0.25) is 0 Å². The number of nitrogens with one attached hydrogen (secondary N) is 4. The largest absolute Gasteiger partial charge is 0.480 e. The maximum absolute atomic E-state index is 13.1. The fraction of sp³-hybridized carbons (Fsp3) is 0.600. The molecule has 1 rings (SSSR count). The second-order valence-electron chi connectivity index (χ2n) is 8.21. The van der Waals surface area contributed by atoms with Crippen LogP contribution >= 0.6 is 12.6 Å². The zero-order chi connectivity index (χ0) is 26.5. The molecule has 35 heavy (non-hydrogen) atoms. The molecule has 0 saturated heterocycles. The quantitative estimate of drug-likeness (QED) is 0.0518. The number of carbonyl (C=O) groups is 4. The Bertz CT molecular complexity index is 874. The lowest BCUT2D eigenvalue weighted by Crippen LogP contribution is -2.58. The zero-order valence-corrected chi connectivity index (χ0v) is 20.6.